The number of rotatable bonds is 8. The second kappa shape index (κ2) is 7.72. The molecule has 1 amide bonds. The van der Waals surface area contributed by atoms with Crippen LogP contribution in [0.5, 0.6) is 0 Å². The monoisotopic (exact) mass is 415 g/mol. The number of thioether (sulfide) groups is 1. The van der Waals surface area contributed by atoms with Crippen molar-refractivity contribution in [2.24, 2.45) is 5.73 Å². The summed E-state index contributed by atoms with van der Waals surface area (Å²) in [6.07, 6.45) is 2.92. The highest BCUT2D eigenvalue weighted by atomic mass is 32.2. The smallest absolute Gasteiger partial charge is 0.274 e. The second-order valence-corrected chi connectivity index (χ2v) is 8.48. The minimum absolute atomic E-state index is 0.111. The van der Waals surface area contributed by atoms with Crippen LogP contribution in [-0.2, 0) is 12.2 Å². The van der Waals surface area contributed by atoms with Crippen molar-refractivity contribution in [2.75, 3.05) is 0 Å². The topological polar surface area (TPSA) is 117 Å². The average Bonchev–Trinajstić information content (AvgIpc) is 3.22. The predicted molar refractivity (Wildman–Crippen MR) is 107 cm³/mol. The van der Waals surface area contributed by atoms with Gasteiger partial charge in [-0.05, 0) is 30.4 Å². The van der Waals surface area contributed by atoms with E-state index in [1.165, 1.54) is 28.8 Å². The van der Waals surface area contributed by atoms with E-state index in [1.807, 2.05) is 11.4 Å². The number of carbonyl (C=O) groups is 1. The Hall–Kier alpha value is -2.72. The molecule has 0 aliphatic heterocycles. The van der Waals surface area contributed by atoms with Crippen molar-refractivity contribution in [1.82, 2.24) is 14.8 Å². The fourth-order valence-corrected chi connectivity index (χ4v) is 4.67. The van der Waals surface area contributed by atoms with E-state index in [-0.39, 0.29) is 11.3 Å². The molecule has 144 valence electrons. The molecular formula is C18H17N5O3S2. The van der Waals surface area contributed by atoms with Crippen molar-refractivity contribution in [3.63, 3.8) is 0 Å². The Kier molecular flexibility index (Phi) is 5.14. The molecule has 0 atom stereocenters. The van der Waals surface area contributed by atoms with E-state index in [9.17, 15) is 14.9 Å². The summed E-state index contributed by atoms with van der Waals surface area (Å²) >= 11 is 3.11. The van der Waals surface area contributed by atoms with E-state index in [0.717, 1.165) is 30.2 Å². The van der Waals surface area contributed by atoms with Gasteiger partial charge in [-0.15, -0.1) is 21.5 Å². The van der Waals surface area contributed by atoms with Crippen molar-refractivity contribution in [3.8, 4) is 0 Å². The number of amides is 1. The SMILES string of the molecule is NC(=O)c1ccc(CSc2nnc(Cc3cccs3)n2C2CC2)c([N+](=O)[O-])c1. The Morgan fingerprint density at radius 3 is 2.82 bits per heavy atom. The lowest BCUT2D eigenvalue weighted by Crippen LogP contribution is -2.11. The van der Waals surface area contributed by atoms with Gasteiger partial charge in [0, 0.05) is 40.3 Å². The van der Waals surface area contributed by atoms with Crippen LogP contribution in [-0.4, -0.2) is 25.6 Å². The Bertz CT molecular complexity index is 1030. The maximum absolute atomic E-state index is 11.4. The highest BCUT2D eigenvalue weighted by Crippen LogP contribution is 2.40. The van der Waals surface area contributed by atoms with E-state index in [0.29, 0.717) is 17.4 Å². The van der Waals surface area contributed by atoms with Gasteiger partial charge in [-0.3, -0.25) is 14.9 Å². The molecular weight excluding hydrogens is 398 g/mol. The fourth-order valence-electron chi connectivity index (χ4n) is 2.95. The van der Waals surface area contributed by atoms with Crippen LogP contribution in [0.15, 0.2) is 40.9 Å². The van der Waals surface area contributed by atoms with E-state index in [1.54, 1.807) is 17.4 Å². The summed E-state index contributed by atoms with van der Waals surface area (Å²) < 4.78 is 2.16. The number of primary amides is 1. The summed E-state index contributed by atoms with van der Waals surface area (Å²) in [7, 11) is 0. The third kappa shape index (κ3) is 3.92. The quantitative estimate of drug-likeness (QED) is 0.341. The number of benzene rings is 1. The maximum Gasteiger partial charge on any atom is 0.274 e. The Morgan fingerprint density at radius 1 is 1.36 bits per heavy atom. The van der Waals surface area contributed by atoms with Gasteiger partial charge < -0.3 is 10.3 Å². The minimum atomic E-state index is -0.686. The second-order valence-electron chi connectivity index (χ2n) is 6.51. The van der Waals surface area contributed by atoms with Gasteiger partial charge in [0.05, 0.1) is 4.92 Å². The number of nitrogens with zero attached hydrogens (tertiary/aromatic N) is 4. The van der Waals surface area contributed by atoms with Gasteiger partial charge in [0.1, 0.15) is 5.82 Å². The normalized spacial score (nSPS) is 13.6. The first-order valence-electron chi connectivity index (χ1n) is 8.69. The van der Waals surface area contributed by atoms with Gasteiger partial charge in [0.2, 0.25) is 5.91 Å². The van der Waals surface area contributed by atoms with Gasteiger partial charge in [-0.2, -0.15) is 0 Å². The van der Waals surface area contributed by atoms with Crippen LogP contribution in [0.1, 0.15) is 45.5 Å². The molecule has 8 nitrogen and oxygen atoms in total. The van der Waals surface area contributed by atoms with E-state index in [2.05, 4.69) is 20.8 Å². The molecule has 2 aromatic heterocycles. The molecule has 1 aromatic carbocycles. The first-order chi connectivity index (χ1) is 13.5. The Morgan fingerprint density at radius 2 is 2.18 bits per heavy atom. The Labute approximate surface area is 168 Å². The van der Waals surface area contributed by atoms with Crippen LogP contribution in [0.4, 0.5) is 5.69 Å². The van der Waals surface area contributed by atoms with Crippen LogP contribution in [0, 0.1) is 10.1 Å². The summed E-state index contributed by atoms with van der Waals surface area (Å²) in [4.78, 5) is 23.4. The standard InChI is InChI=1S/C18H17N5O3S2/c19-17(24)11-3-4-12(15(8-11)23(25)26)10-28-18-21-20-16(22(18)13-5-6-13)9-14-2-1-7-27-14/h1-4,7-8,13H,5-6,9-10H2,(H2,19,24). The highest BCUT2D eigenvalue weighted by Gasteiger charge is 2.30. The molecule has 0 spiro atoms. The number of hydrogen-bond donors (Lipinski definition) is 1. The van der Waals surface area contributed by atoms with Crippen molar-refractivity contribution in [3.05, 3.63) is 67.7 Å². The molecule has 28 heavy (non-hydrogen) atoms. The van der Waals surface area contributed by atoms with Crippen molar-refractivity contribution in [2.45, 2.75) is 36.2 Å². The molecule has 1 fully saturated rings. The van der Waals surface area contributed by atoms with Gasteiger partial charge >= 0.3 is 0 Å². The molecule has 0 saturated heterocycles. The summed E-state index contributed by atoms with van der Waals surface area (Å²) in [6.45, 7) is 0. The molecule has 1 aliphatic carbocycles. The van der Waals surface area contributed by atoms with Crippen LogP contribution in [0.2, 0.25) is 0 Å². The van der Waals surface area contributed by atoms with Crippen LogP contribution in [0.25, 0.3) is 0 Å². The number of nitrogens with two attached hydrogens (primary N) is 1. The molecule has 10 heteroatoms. The molecule has 0 radical (unpaired) electrons. The first-order valence-corrected chi connectivity index (χ1v) is 10.6. The number of carbonyl (C=O) groups excluding carboxylic acids is 1. The summed E-state index contributed by atoms with van der Waals surface area (Å²) in [5, 5.41) is 22.9. The lowest BCUT2D eigenvalue weighted by atomic mass is 10.1. The number of aromatic nitrogens is 3. The predicted octanol–water partition coefficient (Wildman–Crippen LogP) is 3.56. The molecule has 3 aromatic rings. The van der Waals surface area contributed by atoms with Gasteiger partial charge in [-0.25, -0.2) is 0 Å². The van der Waals surface area contributed by atoms with Crippen LogP contribution in [0.3, 0.4) is 0 Å². The molecule has 2 N–H and O–H groups in total. The van der Waals surface area contributed by atoms with Gasteiger partial charge in [-0.1, -0.05) is 23.9 Å². The van der Waals surface area contributed by atoms with Crippen molar-refractivity contribution < 1.29 is 9.72 Å². The number of thiophene rings is 1. The van der Waals surface area contributed by atoms with Crippen LogP contribution < -0.4 is 5.73 Å². The van der Waals surface area contributed by atoms with E-state index in [4.69, 9.17) is 5.73 Å². The summed E-state index contributed by atoms with van der Waals surface area (Å²) in [6, 6.07) is 8.82. The minimum Gasteiger partial charge on any atom is -0.366 e. The largest absolute Gasteiger partial charge is 0.366 e. The van der Waals surface area contributed by atoms with Crippen molar-refractivity contribution >= 4 is 34.7 Å². The summed E-state index contributed by atoms with van der Waals surface area (Å²) in [5.41, 5.74) is 5.76. The third-order valence-corrected chi connectivity index (χ3v) is 6.35. The van der Waals surface area contributed by atoms with Gasteiger partial charge in [0.15, 0.2) is 5.16 Å². The van der Waals surface area contributed by atoms with Crippen LogP contribution >= 0.6 is 23.1 Å². The maximum atomic E-state index is 11.4. The molecule has 0 unspecified atom stereocenters. The molecule has 0 bridgehead atoms. The first kappa shape index (κ1) is 18.6. The van der Waals surface area contributed by atoms with Gasteiger partial charge in [0.25, 0.3) is 5.69 Å². The number of hydrogen-bond acceptors (Lipinski definition) is 7. The zero-order valence-electron chi connectivity index (χ0n) is 14.8. The zero-order chi connectivity index (χ0) is 19.7. The number of nitro groups is 1. The molecule has 1 aliphatic rings. The van der Waals surface area contributed by atoms with E-state index < -0.39 is 10.8 Å². The summed E-state index contributed by atoms with van der Waals surface area (Å²) in [5.74, 6) is 0.596. The van der Waals surface area contributed by atoms with E-state index >= 15 is 0 Å². The number of nitro benzene ring substituents is 1. The van der Waals surface area contributed by atoms with Crippen molar-refractivity contribution in [1.29, 1.82) is 0 Å². The fraction of sp³-hybridized carbons (Fsp3) is 0.278. The molecule has 2 heterocycles. The zero-order valence-corrected chi connectivity index (χ0v) is 16.4. The molecule has 1 saturated carbocycles. The third-order valence-electron chi connectivity index (χ3n) is 4.48. The lowest BCUT2D eigenvalue weighted by molar-refractivity contribution is -0.385. The Balaban J connectivity index is 1.56. The molecule has 4 rings (SSSR count). The lowest BCUT2D eigenvalue weighted by Gasteiger charge is -2.09. The highest BCUT2D eigenvalue weighted by molar-refractivity contribution is 7.98. The average molecular weight is 416 g/mol.